The van der Waals surface area contributed by atoms with E-state index in [2.05, 4.69) is 47.9 Å². The first-order valence-electron chi connectivity index (χ1n) is 6.60. The highest BCUT2D eigenvalue weighted by molar-refractivity contribution is 4.98. The van der Waals surface area contributed by atoms with Gasteiger partial charge < -0.3 is 5.32 Å². The standard InChI is InChI=1S/C13H24N4/c1-10(2)17-12(15-9-16-17)8-13(3)6-5-11(7-13)14-4/h9-11,14H,5-8H2,1-4H3. The number of nitrogens with one attached hydrogen (secondary N) is 1. The van der Waals surface area contributed by atoms with E-state index in [-0.39, 0.29) is 0 Å². The zero-order valence-corrected chi connectivity index (χ0v) is 11.4. The summed E-state index contributed by atoms with van der Waals surface area (Å²) >= 11 is 0. The predicted octanol–water partition coefficient (Wildman–Crippen LogP) is 2.18. The Morgan fingerprint density at radius 3 is 2.94 bits per heavy atom. The largest absolute Gasteiger partial charge is 0.317 e. The molecule has 2 unspecified atom stereocenters. The summed E-state index contributed by atoms with van der Waals surface area (Å²) in [5.74, 6) is 1.14. The number of rotatable bonds is 4. The first kappa shape index (κ1) is 12.6. The van der Waals surface area contributed by atoms with Gasteiger partial charge in [-0.15, -0.1) is 0 Å². The Morgan fingerprint density at radius 1 is 1.59 bits per heavy atom. The fourth-order valence-corrected chi connectivity index (χ4v) is 2.94. The quantitative estimate of drug-likeness (QED) is 0.871. The molecule has 0 radical (unpaired) electrons. The van der Waals surface area contributed by atoms with Gasteiger partial charge in [-0.2, -0.15) is 5.10 Å². The van der Waals surface area contributed by atoms with Gasteiger partial charge >= 0.3 is 0 Å². The molecule has 1 saturated carbocycles. The molecule has 1 fully saturated rings. The molecule has 2 atom stereocenters. The summed E-state index contributed by atoms with van der Waals surface area (Å²) < 4.78 is 2.05. The summed E-state index contributed by atoms with van der Waals surface area (Å²) in [5, 5.41) is 7.71. The molecule has 0 aromatic carbocycles. The molecule has 1 aromatic heterocycles. The third-order valence-corrected chi connectivity index (χ3v) is 3.97. The van der Waals surface area contributed by atoms with Crippen LogP contribution in [0.2, 0.25) is 0 Å². The van der Waals surface area contributed by atoms with Crippen molar-refractivity contribution in [2.24, 2.45) is 5.41 Å². The van der Waals surface area contributed by atoms with Crippen LogP contribution in [-0.2, 0) is 6.42 Å². The van der Waals surface area contributed by atoms with E-state index in [0.717, 1.165) is 12.2 Å². The summed E-state index contributed by atoms with van der Waals surface area (Å²) in [7, 11) is 2.06. The van der Waals surface area contributed by atoms with Crippen LogP contribution in [0.4, 0.5) is 0 Å². The van der Waals surface area contributed by atoms with Gasteiger partial charge in [-0.05, 0) is 45.6 Å². The number of hydrogen-bond acceptors (Lipinski definition) is 3. The second-order valence-electron chi connectivity index (χ2n) is 5.93. The molecule has 4 heteroatoms. The van der Waals surface area contributed by atoms with E-state index in [1.165, 1.54) is 19.3 Å². The van der Waals surface area contributed by atoms with Crippen LogP contribution in [0.5, 0.6) is 0 Å². The lowest BCUT2D eigenvalue weighted by atomic mass is 9.84. The molecule has 17 heavy (non-hydrogen) atoms. The van der Waals surface area contributed by atoms with Crippen molar-refractivity contribution in [3.05, 3.63) is 12.2 Å². The van der Waals surface area contributed by atoms with Crippen molar-refractivity contribution in [2.45, 2.75) is 58.5 Å². The van der Waals surface area contributed by atoms with E-state index in [0.29, 0.717) is 17.5 Å². The van der Waals surface area contributed by atoms with Crippen LogP contribution in [-0.4, -0.2) is 27.9 Å². The van der Waals surface area contributed by atoms with Gasteiger partial charge in [-0.1, -0.05) is 6.92 Å². The Balaban J connectivity index is 2.08. The Hall–Kier alpha value is -0.900. The predicted molar refractivity (Wildman–Crippen MR) is 68.9 cm³/mol. The maximum absolute atomic E-state index is 4.43. The zero-order chi connectivity index (χ0) is 12.5. The maximum Gasteiger partial charge on any atom is 0.138 e. The van der Waals surface area contributed by atoms with E-state index in [9.17, 15) is 0 Å². The summed E-state index contributed by atoms with van der Waals surface area (Å²) in [5.41, 5.74) is 0.382. The smallest absolute Gasteiger partial charge is 0.138 e. The van der Waals surface area contributed by atoms with Crippen molar-refractivity contribution in [3.8, 4) is 0 Å². The molecule has 0 aliphatic heterocycles. The average molecular weight is 236 g/mol. The van der Waals surface area contributed by atoms with Crippen LogP contribution in [0.3, 0.4) is 0 Å². The van der Waals surface area contributed by atoms with Crippen LogP contribution in [0.25, 0.3) is 0 Å². The minimum absolute atomic E-state index is 0.382. The third kappa shape index (κ3) is 2.68. The fourth-order valence-electron chi connectivity index (χ4n) is 2.94. The zero-order valence-electron chi connectivity index (χ0n) is 11.4. The van der Waals surface area contributed by atoms with E-state index in [1.807, 2.05) is 0 Å². The third-order valence-electron chi connectivity index (χ3n) is 3.97. The molecule has 4 nitrogen and oxygen atoms in total. The SMILES string of the molecule is CNC1CCC(C)(Cc2ncnn2C(C)C)C1. The van der Waals surface area contributed by atoms with Crippen LogP contribution in [0.15, 0.2) is 6.33 Å². The summed E-state index contributed by atoms with van der Waals surface area (Å²) in [6.45, 7) is 6.70. The lowest BCUT2D eigenvalue weighted by Gasteiger charge is -2.24. The molecule has 0 bridgehead atoms. The van der Waals surface area contributed by atoms with Crippen LogP contribution >= 0.6 is 0 Å². The Labute approximate surface area is 104 Å². The molecule has 1 N–H and O–H groups in total. The van der Waals surface area contributed by atoms with Crippen molar-refractivity contribution in [2.75, 3.05) is 7.05 Å². The van der Waals surface area contributed by atoms with Crippen LogP contribution < -0.4 is 5.32 Å². The van der Waals surface area contributed by atoms with Crippen molar-refractivity contribution in [1.82, 2.24) is 20.1 Å². The Kier molecular flexibility index (Phi) is 3.52. The summed E-state index contributed by atoms with van der Waals surface area (Å²) in [4.78, 5) is 4.43. The molecule has 1 aliphatic carbocycles. The van der Waals surface area contributed by atoms with Crippen molar-refractivity contribution in [1.29, 1.82) is 0 Å². The molecule has 1 aromatic rings. The highest BCUT2D eigenvalue weighted by Crippen LogP contribution is 2.40. The molecule has 0 spiro atoms. The van der Waals surface area contributed by atoms with E-state index < -0.39 is 0 Å². The highest BCUT2D eigenvalue weighted by Gasteiger charge is 2.35. The van der Waals surface area contributed by atoms with E-state index >= 15 is 0 Å². The molecular formula is C13H24N4. The number of hydrogen-bond donors (Lipinski definition) is 1. The molecule has 1 aliphatic rings. The lowest BCUT2D eigenvalue weighted by Crippen LogP contribution is -2.25. The van der Waals surface area contributed by atoms with Crippen molar-refractivity contribution >= 4 is 0 Å². The van der Waals surface area contributed by atoms with Gasteiger partial charge in [-0.3, -0.25) is 0 Å². The Bertz CT molecular complexity index is 371. The monoisotopic (exact) mass is 236 g/mol. The van der Waals surface area contributed by atoms with Crippen LogP contribution in [0.1, 0.15) is 51.9 Å². The van der Waals surface area contributed by atoms with Gasteiger partial charge in [0.2, 0.25) is 0 Å². The molecule has 96 valence electrons. The second kappa shape index (κ2) is 4.77. The van der Waals surface area contributed by atoms with Gasteiger partial charge in [0.05, 0.1) is 0 Å². The molecule has 1 heterocycles. The van der Waals surface area contributed by atoms with Gasteiger partial charge in [0, 0.05) is 18.5 Å². The van der Waals surface area contributed by atoms with Crippen molar-refractivity contribution < 1.29 is 0 Å². The summed E-state index contributed by atoms with van der Waals surface area (Å²) in [6, 6.07) is 1.08. The van der Waals surface area contributed by atoms with Gasteiger partial charge in [0.25, 0.3) is 0 Å². The topological polar surface area (TPSA) is 42.7 Å². The normalized spacial score (nSPS) is 29.1. The number of aromatic nitrogens is 3. The van der Waals surface area contributed by atoms with E-state index in [1.54, 1.807) is 6.33 Å². The molecular weight excluding hydrogens is 212 g/mol. The molecule has 0 saturated heterocycles. The minimum atomic E-state index is 0.382. The van der Waals surface area contributed by atoms with Gasteiger partial charge in [0.1, 0.15) is 12.2 Å². The van der Waals surface area contributed by atoms with Gasteiger partial charge in [-0.25, -0.2) is 9.67 Å². The summed E-state index contributed by atoms with van der Waals surface area (Å²) in [6.07, 6.45) is 6.54. The van der Waals surface area contributed by atoms with Gasteiger partial charge in [0.15, 0.2) is 0 Å². The first-order valence-corrected chi connectivity index (χ1v) is 6.60. The first-order chi connectivity index (χ1) is 8.04. The lowest BCUT2D eigenvalue weighted by molar-refractivity contribution is 0.307. The molecule has 2 rings (SSSR count). The second-order valence-corrected chi connectivity index (χ2v) is 5.93. The minimum Gasteiger partial charge on any atom is -0.317 e. The van der Waals surface area contributed by atoms with Crippen LogP contribution in [0, 0.1) is 5.41 Å². The average Bonchev–Trinajstić information content (AvgIpc) is 2.85. The van der Waals surface area contributed by atoms with Crippen molar-refractivity contribution in [3.63, 3.8) is 0 Å². The highest BCUT2D eigenvalue weighted by atomic mass is 15.3. The number of nitrogens with zero attached hydrogens (tertiary/aromatic N) is 3. The molecule has 0 amide bonds. The maximum atomic E-state index is 4.43. The Morgan fingerprint density at radius 2 is 2.35 bits per heavy atom. The fraction of sp³-hybridized carbons (Fsp3) is 0.846. The van der Waals surface area contributed by atoms with E-state index in [4.69, 9.17) is 0 Å².